The van der Waals surface area contributed by atoms with Gasteiger partial charge in [0, 0.05) is 18.4 Å². The van der Waals surface area contributed by atoms with Crippen molar-refractivity contribution in [3.05, 3.63) is 53.6 Å². The maximum absolute atomic E-state index is 12.7. The maximum atomic E-state index is 12.7. The Bertz CT molecular complexity index is 784. The lowest BCUT2D eigenvalue weighted by atomic mass is 9.88. The molecule has 5 nitrogen and oxygen atoms in total. The molecule has 8 heteroatoms. The highest BCUT2D eigenvalue weighted by molar-refractivity contribution is 5.94. The van der Waals surface area contributed by atoms with E-state index in [0.29, 0.717) is 11.3 Å². The van der Waals surface area contributed by atoms with Gasteiger partial charge in [-0.1, -0.05) is 20.8 Å². The molecule has 0 aliphatic heterocycles. The van der Waals surface area contributed by atoms with Gasteiger partial charge in [-0.2, -0.15) is 13.2 Å². The Labute approximate surface area is 156 Å². The van der Waals surface area contributed by atoms with Gasteiger partial charge in [-0.05, 0) is 30.5 Å². The highest BCUT2D eigenvalue weighted by atomic mass is 19.4. The Morgan fingerprint density at radius 2 is 1.89 bits per heavy atom. The summed E-state index contributed by atoms with van der Waals surface area (Å²) in [7, 11) is 0. The van der Waals surface area contributed by atoms with Crippen molar-refractivity contribution < 1.29 is 22.7 Å². The van der Waals surface area contributed by atoms with Crippen LogP contribution in [0.1, 0.15) is 49.3 Å². The van der Waals surface area contributed by atoms with Crippen LogP contribution in [0.4, 0.5) is 13.2 Å². The summed E-state index contributed by atoms with van der Waals surface area (Å²) in [6.07, 6.45) is -1.14. The van der Waals surface area contributed by atoms with Crippen LogP contribution in [-0.2, 0) is 12.8 Å². The summed E-state index contributed by atoms with van der Waals surface area (Å²) in [4.78, 5) is 19.9. The third-order valence-corrected chi connectivity index (χ3v) is 4.16. The van der Waals surface area contributed by atoms with Gasteiger partial charge >= 0.3 is 6.18 Å². The van der Waals surface area contributed by atoms with Gasteiger partial charge in [-0.3, -0.25) is 14.8 Å². The van der Waals surface area contributed by atoms with Crippen molar-refractivity contribution in [1.82, 2.24) is 15.3 Å². The highest BCUT2D eigenvalue weighted by Gasteiger charge is 2.31. The quantitative estimate of drug-likeness (QED) is 0.841. The molecule has 1 atom stereocenters. The van der Waals surface area contributed by atoms with Crippen molar-refractivity contribution in [3.63, 3.8) is 0 Å². The third-order valence-electron chi connectivity index (χ3n) is 4.16. The molecule has 0 spiro atoms. The van der Waals surface area contributed by atoms with E-state index >= 15 is 0 Å². The van der Waals surface area contributed by atoms with E-state index in [2.05, 4.69) is 15.3 Å². The Hall–Kier alpha value is -2.64. The number of pyridine rings is 2. The normalized spacial score (nSPS) is 13.1. The summed E-state index contributed by atoms with van der Waals surface area (Å²) in [5.74, 6) is -0.244. The summed E-state index contributed by atoms with van der Waals surface area (Å²) >= 11 is 0. The fraction of sp³-hybridized carbons (Fsp3) is 0.421. The molecule has 2 heterocycles. The molecule has 146 valence electrons. The predicted molar refractivity (Wildman–Crippen MR) is 94.2 cm³/mol. The molecule has 0 radical (unpaired) electrons. The second-order valence-electron chi connectivity index (χ2n) is 7.30. The molecule has 2 aromatic rings. The third kappa shape index (κ3) is 5.94. The van der Waals surface area contributed by atoms with E-state index < -0.39 is 11.7 Å². The highest BCUT2D eigenvalue weighted by Crippen LogP contribution is 2.30. The summed E-state index contributed by atoms with van der Waals surface area (Å²) in [5.41, 5.74) is -0.0769. The molecule has 0 aliphatic carbocycles. The van der Waals surface area contributed by atoms with Gasteiger partial charge in [0.1, 0.15) is 12.4 Å². The van der Waals surface area contributed by atoms with Gasteiger partial charge in [0.05, 0.1) is 23.0 Å². The van der Waals surface area contributed by atoms with E-state index in [4.69, 9.17) is 4.74 Å². The largest absolute Gasteiger partial charge is 0.486 e. The van der Waals surface area contributed by atoms with Gasteiger partial charge in [0.2, 0.25) is 0 Å². The Morgan fingerprint density at radius 1 is 1.19 bits per heavy atom. The first kappa shape index (κ1) is 20.7. The molecule has 0 aliphatic rings. The van der Waals surface area contributed by atoms with Crippen LogP contribution in [0.2, 0.25) is 0 Å². The van der Waals surface area contributed by atoms with E-state index in [0.717, 1.165) is 12.3 Å². The van der Waals surface area contributed by atoms with Crippen molar-refractivity contribution >= 4 is 5.91 Å². The Morgan fingerprint density at radius 3 is 2.44 bits per heavy atom. The van der Waals surface area contributed by atoms with Crippen molar-refractivity contribution in [2.75, 3.05) is 0 Å². The minimum atomic E-state index is -4.48. The van der Waals surface area contributed by atoms with Crippen LogP contribution in [0, 0.1) is 5.41 Å². The Balaban J connectivity index is 1.97. The van der Waals surface area contributed by atoms with Gasteiger partial charge in [0.15, 0.2) is 0 Å². The molecule has 1 N–H and O–H groups in total. The molecule has 0 aromatic carbocycles. The molecule has 0 bridgehead atoms. The van der Waals surface area contributed by atoms with Crippen LogP contribution >= 0.6 is 0 Å². The monoisotopic (exact) mass is 381 g/mol. The van der Waals surface area contributed by atoms with Crippen LogP contribution in [-0.4, -0.2) is 21.9 Å². The number of hydrogen-bond acceptors (Lipinski definition) is 4. The van der Waals surface area contributed by atoms with Gasteiger partial charge < -0.3 is 10.1 Å². The maximum Gasteiger partial charge on any atom is 0.418 e. The topological polar surface area (TPSA) is 64.1 Å². The number of carbonyl (C=O) groups is 1. The summed E-state index contributed by atoms with van der Waals surface area (Å²) < 4.78 is 43.3. The zero-order chi connectivity index (χ0) is 20.2. The minimum absolute atomic E-state index is 0.00699. The molecule has 2 aromatic heterocycles. The van der Waals surface area contributed by atoms with Crippen LogP contribution in [0.3, 0.4) is 0 Å². The standard InChI is InChI=1S/C19H22F3N3O2/c1-12(18(2,3)4)25-17(26)13-5-6-15(24-8-13)11-27-16-7-14(9-23-10-16)19(20,21)22/h5-10,12H,11H2,1-4H3,(H,25,26). The lowest BCUT2D eigenvalue weighted by molar-refractivity contribution is -0.138. The van der Waals surface area contributed by atoms with E-state index in [1.165, 1.54) is 12.4 Å². The average molecular weight is 381 g/mol. The first-order chi connectivity index (χ1) is 12.5. The zero-order valence-corrected chi connectivity index (χ0v) is 15.6. The van der Waals surface area contributed by atoms with Crippen molar-refractivity contribution in [2.45, 2.75) is 46.5 Å². The van der Waals surface area contributed by atoms with Gasteiger partial charge in [-0.25, -0.2) is 0 Å². The predicted octanol–water partition coefficient (Wildman–Crippen LogP) is 4.24. The number of ether oxygens (including phenoxy) is 1. The summed E-state index contributed by atoms with van der Waals surface area (Å²) in [6.45, 7) is 7.97. The van der Waals surface area contributed by atoms with Crippen LogP contribution in [0.5, 0.6) is 5.75 Å². The first-order valence-corrected chi connectivity index (χ1v) is 8.37. The van der Waals surface area contributed by atoms with E-state index in [1.807, 2.05) is 27.7 Å². The van der Waals surface area contributed by atoms with Crippen molar-refractivity contribution in [2.24, 2.45) is 5.41 Å². The van der Waals surface area contributed by atoms with Crippen LogP contribution in [0.25, 0.3) is 0 Å². The van der Waals surface area contributed by atoms with E-state index in [-0.39, 0.29) is 29.7 Å². The molecule has 0 fully saturated rings. The molecule has 2 rings (SSSR count). The number of hydrogen-bond donors (Lipinski definition) is 1. The molecule has 27 heavy (non-hydrogen) atoms. The smallest absolute Gasteiger partial charge is 0.418 e. The molecule has 0 saturated carbocycles. The summed E-state index contributed by atoms with van der Waals surface area (Å²) in [5, 5.41) is 2.91. The number of rotatable bonds is 5. The molecular weight excluding hydrogens is 359 g/mol. The van der Waals surface area contributed by atoms with E-state index in [1.54, 1.807) is 12.1 Å². The number of alkyl halides is 3. The van der Waals surface area contributed by atoms with Crippen molar-refractivity contribution in [3.8, 4) is 5.75 Å². The first-order valence-electron chi connectivity index (χ1n) is 8.37. The number of halogens is 3. The van der Waals surface area contributed by atoms with Crippen molar-refractivity contribution in [1.29, 1.82) is 0 Å². The minimum Gasteiger partial charge on any atom is -0.486 e. The Kier molecular flexibility index (Phi) is 6.08. The van der Waals surface area contributed by atoms with Gasteiger partial charge in [0.25, 0.3) is 5.91 Å². The van der Waals surface area contributed by atoms with Gasteiger partial charge in [-0.15, -0.1) is 0 Å². The molecule has 0 saturated heterocycles. The SMILES string of the molecule is CC(NC(=O)c1ccc(COc2cncc(C(F)(F)F)c2)nc1)C(C)(C)C. The molecular formula is C19H22F3N3O2. The average Bonchev–Trinajstić information content (AvgIpc) is 2.59. The second kappa shape index (κ2) is 7.94. The number of nitrogens with one attached hydrogen (secondary N) is 1. The lowest BCUT2D eigenvalue weighted by Crippen LogP contribution is -2.41. The molecule has 1 amide bonds. The fourth-order valence-corrected chi connectivity index (χ4v) is 1.95. The van der Waals surface area contributed by atoms with Crippen LogP contribution < -0.4 is 10.1 Å². The number of aromatic nitrogens is 2. The number of amides is 1. The lowest BCUT2D eigenvalue weighted by Gasteiger charge is -2.28. The second-order valence-corrected chi connectivity index (χ2v) is 7.30. The molecule has 1 unspecified atom stereocenters. The van der Waals surface area contributed by atoms with E-state index in [9.17, 15) is 18.0 Å². The fourth-order valence-electron chi connectivity index (χ4n) is 1.95. The van der Waals surface area contributed by atoms with Crippen LogP contribution in [0.15, 0.2) is 36.8 Å². The zero-order valence-electron chi connectivity index (χ0n) is 15.6. The number of carbonyl (C=O) groups excluding carboxylic acids is 1. The number of nitrogens with zero attached hydrogens (tertiary/aromatic N) is 2. The summed E-state index contributed by atoms with van der Waals surface area (Å²) in [6, 6.07) is 4.04.